The fraction of sp³-hybridized carbons (Fsp3) is 0.933. The molecule has 10 nitrogen and oxygen atoms in total. The van der Waals surface area contributed by atoms with Crippen LogP contribution < -0.4 is 0 Å². The Balaban J connectivity index is 5.34. The molecule has 0 spiro atoms. The van der Waals surface area contributed by atoms with Crippen LogP contribution in [-0.4, -0.2) is 69.6 Å². The lowest BCUT2D eigenvalue weighted by atomic mass is 9.74. The molecule has 0 saturated carbocycles. The average Bonchev–Trinajstić information content (AvgIpc) is 2.42. The van der Waals surface area contributed by atoms with Gasteiger partial charge in [-0.15, -0.1) is 0 Å². The maximum absolute atomic E-state index is 11.3. The van der Waals surface area contributed by atoms with Crippen LogP contribution in [0.25, 0.3) is 0 Å². The molecule has 168 valence electrons. The van der Waals surface area contributed by atoms with Crippen molar-refractivity contribution in [2.24, 2.45) is 5.41 Å². The summed E-state index contributed by atoms with van der Waals surface area (Å²) in [5.41, 5.74) is -0.727. The topological polar surface area (TPSA) is 147 Å². The summed E-state index contributed by atoms with van der Waals surface area (Å²) in [6.07, 6.45) is 4.47. The van der Waals surface area contributed by atoms with Crippen molar-refractivity contribution < 1.29 is 42.6 Å². The molecule has 0 bridgehead atoms. The minimum Gasteiger partial charge on any atom is -0.300 e. The fourth-order valence-electron chi connectivity index (χ4n) is 2.69. The summed E-state index contributed by atoms with van der Waals surface area (Å²) < 4.78 is 81.8. The highest BCUT2D eigenvalue weighted by molar-refractivity contribution is 7.86. The molecule has 0 radical (unpaired) electrons. The maximum Gasteiger partial charge on any atom is 0.264 e. The molecule has 28 heavy (non-hydrogen) atoms. The zero-order valence-corrected chi connectivity index (χ0v) is 19.1. The fourth-order valence-corrected chi connectivity index (χ4v) is 3.85. The van der Waals surface area contributed by atoms with Crippen LogP contribution in [0.3, 0.4) is 0 Å². The average molecular weight is 467 g/mol. The first-order valence-electron chi connectivity index (χ1n) is 8.56. The minimum atomic E-state index is -3.68. The van der Waals surface area contributed by atoms with Crippen molar-refractivity contribution in [2.75, 3.05) is 38.6 Å². The summed E-state index contributed by atoms with van der Waals surface area (Å²) in [5, 5.41) is 0. The van der Waals surface area contributed by atoms with Crippen LogP contribution in [0.4, 0.5) is 0 Å². The molecule has 0 aromatic carbocycles. The number of rotatable bonds is 16. The zero-order chi connectivity index (χ0) is 22.1. The van der Waals surface area contributed by atoms with E-state index in [2.05, 4.69) is 0 Å². The molecular weight excluding hydrogens is 436 g/mol. The van der Waals surface area contributed by atoms with Gasteiger partial charge in [0.15, 0.2) is 0 Å². The van der Waals surface area contributed by atoms with Crippen LogP contribution in [0.5, 0.6) is 0 Å². The summed E-state index contributed by atoms with van der Waals surface area (Å²) in [6, 6.07) is 0. The third kappa shape index (κ3) is 16.4. The highest BCUT2D eigenvalue weighted by Gasteiger charge is 2.31. The van der Waals surface area contributed by atoms with Crippen molar-refractivity contribution in [3.05, 3.63) is 0 Å². The summed E-state index contributed by atoms with van der Waals surface area (Å²) in [4.78, 5) is 11.3. The van der Waals surface area contributed by atoms with E-state index in [0.717, 1.165) is 18.8 Å². The van der Waals surface area contributed by atoms with E-state index >= 15 is 0 Å². The van der Waals surface area contributed by atoms with Gasteiger partial charge in [-0.3, -0.25) is 12.5 Å². The Labute approximate surface area is 168 Å². The second-order valence-corrected chi connectivity index (χ2v) is 11.8. The molecule has 0 amide bonds. The Morgan fingerprint density at radius 1 is 0.679 bits per heavy atom. The standard InChI is InChI=1S/C15H30O10S3/c1-14(16)6-5-7-15(8-11-23-26(2,17)18,9-12-24-27(3,19)20)10-13-25-28(4,21)22/h5-13H2,1-4H3. The van der Waals surface area contributed by atoms with Crippen molar-refractivity contribution in [1.82, 2.24) is 0 Å². The van der Waals surface area contributed by atoms with Gasteiger partial charge in [0.2, 0.25) is 0 Å². The van der Waals surface area contributed by atoms with E-state index in [4.69, 9.17) is 12.5 Å². The Hall–Kier alpha value is -0.600. The van der Waals surface area contributed by atoms with Crippen LogP contribution in [0.1, 0.15) is 45.4 Å². The quantitative estimate of drug-likeness (QED) is 0.299. The molecule has 0 aliphatic rings. The second-order valence-electron chi connectivity index (χ2n) is 6.88. The number of carbonyl (C=O) groups is 1. The van der Waals surface area contributed by atoms with E-state index in [1.807, 2.05) is 0 Å². The van der Waals surface area contributed by atoms with Gasteiger partial charge >= 0.3 is 0 Å². The van der Waals surface area contributed by atoms with Gasteiger partial charge < -0.3 is 4.79 Å². The van der Waals surface area contributed by atoms with Crippen molar-refractivity contribution in [3.63, 3.8) is 0 Å². The van der Waals surface area contributed by atoms with Gasteiger partial charge in [-0.2, -0.15) is 25.3 Å². The van der Waals surface area contributed by atoms with E-state index in [0.29, 0.717) is 12.8 Å². The van der Waals surface area contributed by atoms with Crippen LogP contribution in [0.15, 0.2) is 0 Å². The van der Waals surface area contributed by atoms with Gasteiger partial charge in [0.1, 0.15) is 5.78 Å². The maximum atomic E-state index is 11.3. The smallest absolute Gasteiger partial charge is 0.264 e. The summed E-state index contributed by atoms with van der Waals surface area (Å²) in [6.45, 7) is 0.929. The first kappa shape index (κ1) is 27.4. The predicted octanol–water partition coefficient (Wildman–Crippen LogP) is 0.831. The highest BCUT2D eigenvalue weighted by Crippen LogP contribution is 2.37. The van der Waals surface area contributed by atoms with E-state index in [-0.39, 0.29) is 51.3 Å². The summed E-state index contributed by atoms with van der Waals surface area (Å²) in [5.74, 6) is -0.0268. The van der Waals surface area contributed by atoms with Gasteiger partial charge in [-0.1, -0.05) is 0 Å². The van der Waals surface area contributed by atoms with Crippen molar-refractivity contribution in [1.29, 1.82) is 0 Å². The lowest BCUT2D eigenvalue weighted by molar-refractivity contribution is -0.117. The van der Waals surface area contributed by atoms with E-state index < -0.39 is 35.8 Å². The number of hydrogen-bond acceptors (Lipinski definition) is 10. The van der Waals surface area contributed by atoms with Crippen molar-refractivity contribution >= 4 is 36.1 Å². The molecule has 0 unspecified atom stereocenters. The Morgan fingerprint density at radius 3 is 1.25 bits per heavy atom. The first-order chi connectivity index (χ1) is 12.5. The molecule has 0 aliphatic heterocycles. The number of ketones is 1. The largest absolute Gasteiger partial charge is 0.300 e. The van der Waals surface area contributed by atoms with Gasteiger partial charge in [-0.25, -0.2) is 0 Å². The second kappa shape index (κ2) is 11.6. The Kier molecular flexibility index (Phi) is 11.3. The first-order valence-corrected chi connectivity index (χ1v) is 14.0. The van der Waals surface area contributed by atoms with Crippen LogP contribution in [0.2, 0.25) is 0 Å². The van der Waals surface area contributed by atoms with Gasteiger partial charge in [0, 0.05) is 6.42 Å². The molecule has 0 saturated heterocycles. The van der Waals surface area contributed by atoms with Crippen molar-refractivity contribution in [3.8, 4) is 0 Å². The van der Waals surface area contributed by atoms with Crippen LogP contribution in [0, 0.1) is 5.41 Å². The molecule has 0 fully saturated rings. The van der Waals surface area contributed by atoms with Crippen LogP contribution in [-0.2, 0) is 47.7 Å². The van der Waals surface area contributed by atoms with Crippen LogP contribution >= 0.6 is 0 Å². The Bertz CT molecular complexity index is 704. The molecule has 0 aliphatic carbocycles. The monoisotopic (exact) mass is 466 g/mol. The number of hydrogen-bond donors (Lipinski definition) is 0. The minimum absolute atomic E-state index is 0.0268. The van der Waals surface area contributed by atoms with Gasteiger partial charge in [0.05, 0.1) is 38.6 Å². The summed E-state index contributed by atoms with van der Waals surface area (Å²) in [7, 11) is -11.0. The summed E-state index contributed by atoms with van der Waals surface area (Å²) >= 11 is 0. The molecule has 13 heteroatoms. The highest BCUT2D eigenvalue weighted by atomic mass is 32.2. The molecule has 0 N–H and O–H groups in total. The zero-order valence-electron chi connectivity index (χ0n) is 16.7. The lowest BCUT2D eigenvalue weighted by Gasteiger charge is -2.33. The third-order valence-corrected chi connectivity index (χ3v) is 5.81. The predicted molar refractivity (Wildman–Crippen MR) is 103 cm³/mol. The number of Topliss-reactive ketones (excluding diaryl/α,β-unsaturated/α-hetero) is 1. The Morgan fingerprint density at radius 2 is 1.00 bits per heavy atom. The molecule has 0 rings (SSSR count). The van der Waals surface area contributed by atoms with Gasteiger partial charge in [-0.05, 0) is 44.4 Å². The molecule has 0 aromatic rings. The third-order valence-electron chi connectivity index (χ3n) is 4.03. The normalized spacial score (nSPS) is 13.6. The van der Waals surface area contributed by atoms with E-state index in [1.165, 1.54) is 6.92 Å². The SMILES string of the molecule is CC(=O)CCCC(CCOS(C)(=O)=O)(CCOS(C)(=O)=O)CCOS(C)(=O)=O. The lowest BCUT2D eigenvalue weighted by Crippen LogP contribution is -2.28. The molecule has 0 aromatic heterocycles. The molecule has 0 heterocycles. The molecule has 0 atom stereocenters. The molecular formula is C15H30O10S3. The number of carbonyl (C=O) groups excluding carboxylic acids is 1. The van der Waals surface area contributed by atoms with Gasteiger partial charge in [0.25, 0.3) is 30.4 Å². The van der Waals surface area contributed by atoms with Crippen molar-refractivity contribution in [2.45, 2.75) is 45.4 Å². The van der Waals surface area contributed by atoms with E-state index in [9.17, 15) is 30.0 Å². The van der Waals surface area contributed by atoms with E-state index in [1.54, 1.807) is 0 Å².